The van der Waals surface area contributed by atoms with Crippen LogP contribution < -0.4 is 0 Å². The quantitative estimate of drug-likeness (QED) is 0.750. The van der Waals surface area contributed by atoms with Crippen LogP contribution in [-0.2, 0) is 24.6 Å². The van der Waals surface area contributed by atoms with E-state index in [1.807, 2.05) is 11.9 Å². The molecule has 0 atom stereocenters. The number of hydrogen-bond acceptors (Lipinski definition) is 5. The molecule has 0 spiro atoms. The van der Waals surface area contributed by atoms with E-state index in [-0.39, 0.29) is 16.6 Å². The molecule has 2 heterocycles. The van der Waals surface area contributed by atoms with E-state index in [2.05, 4.69) is 5.10 Å². The van der Waals surface area contributed by atoms with E-state index in [9.17, 15) is 9.18 Å². The molecule has 3 rings (SSSR count). The van der Waals surface area contributed by atoms with Gasteiger partial charge >= 0.3 is 0 Å². The van der Waals surface area contributed by atoms with Crippen LogP contribution in [0.4, 0.5) is 4.39 Å². The summed E-state index contributed by atoms with van der Waals surface area (Å²) in [6.45, 7) is 2.18. The van der Waals surface area contributed by atoms with Crippen molar-refractivity contribution in [1.29, 1.82) is 0 Å². The maximum Gasteiger partial charge on any atom is 0.288 e. The zero-order chi connectivity index (χ0) is 17.1. The van der Waals surface area contributed by atoms with Crippen LogP contribution in [0.2, 0.25) is 0 Å². The number of rotatable bonds is 6. The van der Waals surface area contributed by atoms with Crippen molar-refractivity contribution < 1.29 is 13.6 Å². The Balaban J connectivity index is 1.61. The Hall–Kier alpha value is -2.06. The highest BCUT2D eigenvalue weighted by Crippen LogP contribution is 2.14. The van der Waals surface area contributed by atoms with Crippen LogP contribution in [0.25, 0.3) is 0 Å². The van der Waals surface area contributed by atoms with Crippen molar-refractivity contribution in [2.75, 3.05) is 13.6 Å². The van der Waals surface area contributed by atoms with Gasteiger partial charge < -0.3 is 9.32 Å². The first kappa shape index (κ1) is 16.8. The number of nitrogens with zero attached hydrogens (tertiary/aromatic N) is 4. The molecule has 0 N–H and O–H groups in total. The Morgan fingerprint density at radius 2 is 2.12 bits per heavy atom. The number of likely N-dealkylation sites (tertiary alicyclic amines) is 1. The third-order valence-corrected chi connectivity index (χ3v) is 4.18. The maximum absolute atomic E-state index is 12.9. The lowest BCUT2D eigenvalue weighted by Gasteiger charge is -2.16. The van der Waals surface area contributed by atoms with Crippen LogP contribution in [0.3, 0.4) is 0 Å². The Kier molecular flexibility index (Phi) is 5.06. The average molecular weight is 350 g/mol. The summed E-state index contributed by atoms with van der Waals surface area (Å²) in [4.78, 5) is 15.7. The van der Waals surface area contributed by atoms with Gasteiger partial charge in [0.25, 0.3) is 4.84 Å². The van der Waals surface area contributed by atoms with Gasteiger partial charge in [0.05, 0.1) is 13.2 Å². The standard InChI is InChI=1S/C16H19FN4O2S/c1-19(9-12-4-6-13(17)7-5-12)11-21-16(24)23-14(18-21)10-20-8-2-3-15(20)22/h4-7H,2-3,8-11H2,1H3. The largest absolute Gasteiger partial charge is 0.412 e. The molecule has 1 aromatic carbocycles. The minimum atomic E-state index is -0.249. The fraction of sp³-hybridized carbons (Fsp3) is 0.438. The number of aromatic nitrogens is 2. The molecule has 0 bridgehead atoms. The van der Waals surface area contributed by atoms with E-state index in [0.29, 0.717) is 32.1 Å². The van der Waals surface area contributed by atoms with Gasteiger partial charge in [-0.2, -0.15) is 0 Å². The van der Waals surface area contributed by atoms with Crippen molar-refractivity contribution in [1.82, 2.24) is 19.6 Å². The normalized spacial score (nSPS) is 14.8. The number of hydrogen-bond donors (Lipinski definition) is 0. The predicted molar refractivity (Wildman–Crippen MR) is 87.8 cm³/mol. The minimum Gasteiger partial charge on any atom is -0.412 e. The van der Waals surface area contributed by atoms with Gasteiger partial charge in [0, 0.05) is 19.5 Å². The summed E-state index contributed by atoms with van der Waals surface area (Å²) in [7, 11) is 1.92. The molecule has 24 heavy (non-hydrogen) atoms. The fourth-order valence-electron chi connectivity index (χ4n) is 2.72. The molecule has 1 aliphatic heterocycles. The first-order valence-corrected chi connectivity index (χ1v) is 8.19. The summed E-state index contributed by atoms with van der Waals surface area (Å²) in [5.74, 6) is 0.325. The Morgan fingerprint density at radius 3 is 2.79 bits per heavy atom. The molecule has 0 radical (unpaired) electrons. The summed E-state index contributed by atoms with van der Waals surface area (Å²) >= 11 is 5.20. The molecule has 2 aromatic rings. The number of benzene rings is 1. The average Bonchev–Trinajstić information content (AvgIpc) is 3.08. The van der Waals surface area contributed by atoms with Crippen LogP contribution in [0.5, 0.6) is 0 Å². The van der Waals surface area contributed by atoms with E-state index in [0.717, 1.165) is 18.5 Å². The second-order valence-corrected chi connectivity index (χ2v) is 6.31. The number of halogens is 1. The van der Waals surface area contributed by atoms with Gasteiger partial charge in [-0.1, -0.05) is 12.1 Å². The highest BCUT2D eigenvalue weighted by atomic mass is 32.1. The summed E-state index contributed by atoms with van der Waals surface area (Å²) in [6.07, 6.45) is 1.46. The van der Waals surface area contributed by atoms with E-state index < -0.39 is 0 Å². The topological polar surface area (TPSA) is 54.5 Å². The first-order valence-electron chi connectivity index (χ1n) is 7.79. The van der Waals surface area contributed by atoms with Gasteiger partial charge in [0.2, 0.25) is 11.8 Å². The van der Waals surface area contributed by atoms with Crippen molar-refractivity contribution >= 4 is 18.1 Å². The molecule has 0 saturated carbocycles. The van der Waals surface area contributed by atoms with Crippen LogP contribution in [0.1, 0.15) is 24.3 Å². The van der Waals surface area contributed by atoms with Crippen molar-refractivity contribution in [2.45, 2.75) is 32.6 Å². The van der Waals surface area contributed by atoms with Gasteiger partial charge in [-0.3, -0.25) is 9.69 Å². The zero-order valence-corrected chi connectivity index (χ0v) is 14.3. The highest BCUT2D eigenvalue weighted by Gasteiger charge is 2.22. The van der Waals surface area contributed by atoms with Gasteiger partial charge in [-0.05, 0) is 43.4 Å². The lowest BCUT2D eigenvalue weighted by Crippen LogP contribution is -2.25. The van der Waals surface area contributed by atoms with Crippen LogP contribution in [-0.4, -0.2) is 39.1 Å². The van der Waals surface area contributed by atoms with Crippen molar-refractivity contribution in [3.8, 4) is 0 Å². The highest BCUT2D eigenvalue weighted by molar-refractivity contribution is 7.71. The van der Waals surface area contributed by atoms with E-state index in [4.69, 9.17) is 16.6 Å². The third-order valence-electron chi connectivity index (χ3n) is 3.89. The summed E-state index contributed by atoms with van der Waals surface area (Å²) < 4.78 is 20.0. The Bertz CT molecular complexity index is 771. The summed E-state index contributed by atoms with van der Waals surface area (Å²) in [5.41, 5.74) is 0.997. The second-order valence-electron chi connectivity index (χ2n) is 5.96. The van der Waals surface area contributed by atoms with Gasteiger partial charge in [-0.15, -0.1) is 5.10 Å². The molecule has 6 nitrogen and oxygen atoms in total. The molecular formula is C16H19FN4O2S. The molecule has 128 valence electrons. The van der Waals surface area contributed by atoms with Crippen molar-refractivity contribution in [3.63, 3.8) is 0 Å². The monoisotopic (exact) mass is 350 g/mol. The molecule has 0 unspecified atom stereocenters. The van der Waals surface area contributed by atoms with Gasteiger partial charge in [0.1, 0.15) is 5.82 Å². The molecule has 1 amide bonds. The summed E-state index contributed by atoms with van der Waals surface area (Å²) in [6, 6.07) is 6.38. The lowest BCUT2D eigenvalue weighted by atomic mass is 10.2. The number of amides is 1. The maximum atomic E-state index is 12.9. The zero-order valence-electron chi connectivity index (χ0n) is 13.4. The van der Waals surface area contributed by atoms with E-state index in [1.165, 1.54) is 12.1 Å². The molecule has 1 fully saturated rings. The predicted octanol–water partition coefficient (Wildman–Crippen LogP) is 2.56. The van der Waals surface area contributed by atoms with Crippen molar-refractivity contribution in [3.05, 3.63) is 46.4 Å². The first-order chi connectivity index (χ1) is 11.5. The summed E-state index contributed by atoms with van der Waals surface area (Å²) in [5, 5.41) is 4.35. The van der Waals surface area contributed by atoms with Crippen LogP contribution >= 0.6 is 12.2 Å². The van der Waals surface area contributed by atoms with Gasteiger partial charge in [0.15, 0.2) is 0 Å². The molecule has 8 heteroatoms. The van der Waals surface area contributed by atoms with E-state index in [1.54, 1.807) is 21.7 Å². The van der Waals surface area contributed by atoms with E-state index >= 15 is 0 Å². The van der Waals surface area contributed by atoms with Gasteiger partial charge in [-0.25, -0.2) is 9.07 Å². The molecule has 1 aromatic heterocycles. The molecule has 1 saturated heterocycles. The number of carbonyl (C=O) groups is 1. The fourth-order valence-corrected chi connectivity index (χ4v) is 2.91. The van der Waals surface area contributed by atoms with Crippen LogP contribution in [0.15, 0.2) is 28.7 Å². The lowest BCUT2D eigenvalue weighted by molar-refractivity contribution is -0.128. The minimum absolute atomic E-state index is 0.124. The van der Waals surface area contributed by atoms with Crippen molar-refractivity contribution in [2.24, 2.45) is 0 Å². The number of carbonyl (C=O) groups excluding carboxylic acids is 1. The van der Waals surface area contributed by atoms with Crippen LogP contribution in [0, 0.1) is 10.7 Å². The second kappa shape index (κ2) is 7.23. The molecular weight excluding hydrogens is 331 g/mol. The smallest absolute Gasteiger partial charge is 0.288 e. The Morgan fingerprint density at radius 1 is 1.38 bits per heavy atom. The Labute approximate surface area is 144 Å². The molecule has 1 aliphatic rings. The third kappa shape index (κ3) is 4.07. The molecule has 0 aliphatic carbocycles. The SMILES string of the molecule is CN(Cc1ccc(F)cc1)Cn1nc(CN2CCCC2=O)oc1=S.